The first-order valence-electron chi connectivity index (χ1n) is 13.6. The number of aryl methyl sites for hydroxylation is 5. The van der Waals surface area contributed by atoms with Crippen LogP contribution in [0.25, 0.3) is 0 Å². The Balaban J connectivity index is 1.41. The van der Waals surface area contributed by atoms with E-state index in [1.807, 2.05) is 0 Å². The van der Waals surface area contributed by atoms with Gasteiger partial charge >= 0.3 is 0 Å². The van der Waals surface area contributed by atoms with Crippen LogP contribution in [0.5, 0.6) is 0 Å². The average Bonchev–Trinajstić information content (AvgIpc) is 2.86. The summed E-state index contributed by atoms with van der Waals surface area (Å²) in [6.45, 7) is 7.17. The number of benzene rings is 3. The molecule has 0 aromatic heterocycles. The molecule has 0 saturated carbocycles. The van der Waals surface area contributed by atoms with E-state index >= 15 is 0 Å². The van der Waals surface area contributed by atoms with Crippen molar-refractivity contribution in [3.63, 3.8) is 0 Å². The molecule has 3 aromatic carbocycles. The van der Waals surface area contributed by atoms with E-state index in [1.54, 1.807) is 33.6 Å². The second kappa shape index (κ2) is 8.18. The highest BCUT2D eigenvalue weighted by Gasteiger charge is 2.29. The van der Waals surface area contributed by atoms with Crippen LogP contribution in [-0.4, -0.2) is 26.2 Å². The molecule has 4 aliphatic rings. The Morgan fingerprint density at radius 3 is 1.29 bits per heavy atom. The first-order chi connectivity index (χ1) is 16.7. The highest BCUT2D eigenvalue weighted by molar-refractivity contribution is 5.68. The molecular weight excluding hydrogens is 412 g/mol. The SMILES string of the molecule is Cc1ccc(C(c2cc3c4c(c2)CCCN4CCC3)c2cc3c4c(c2)CCCN4CCC3)cc1. The molecular formula is C32H36N2. The van der Waals surface area contributed by atoms with Gasteiger partial charge in [-0.1, -0.05) is 54.1 Å². The topological polar surface area (TPSA) is 6.48 Å². The third-order valence-electron chi connectivity index (χ3n) is 8.79. The van der Waals surface area contributed by atoms with Crippen LogP contribution in [0.15, 0.2) is 48.5 Å². The van der Waals surface area contributed by atoms with Gasteiger partial charge in [0.15, 0.2) is 0 Å². The second-order valence-electron chi connectivity index (χ2n) is 11.1. The van der Waals surface area contributed by atoms with Gasteiger partial charge in [0.05, 0.1) is 0 Å². The normalized spacial score (nSPS) is 18.6. The second-order valence-corrected chi connectivity index (χ2v) is 11.1. The van der Waals surface area contributed by atoms with Crippen molar-refractivity contribution < 1.29 is 0 Å². The molecule has 34 heavy (non-hydrogen) atoms. The van der Waals surface area contributed by atoms with Gasteiger partial charge in [0.1, 0.15) is 0 Å². The molecule has 0 unspecified atom stereocenters. The molecule has 174 valence electrons. The van der Waals surface area contributed by atoms with E-state index in [2.05, 4.69) is 65.3 Å². The molecule has 0 N–H and O–H groups in total. The van der Waals surface area contributed by atoms with Gasteiger partial charge in [-0.05, 0) is 97.2 Å². The molecule has 0 bridgehead atoms. The van der Waals surface area contributed by atoms with Gasteiger partial charge in [-0.15, -0.1) is 0 Å². The van der Waals surface area contributed by atoms with E-state index in [0.717, 1.165) is 0 Å². The van der Waals surface area contributed by atoms with Gasteiger partial charge in [-0.2, -0.15) is 0 Å². The summed E-state index contributed by atoms with van der Waals surface area (Å²) in [5.74, 6) is 0.318. The van der Waals surface area contributed by atoms with Gasteiger partial charge in [0.25, 0.3) is 0 Å². The summed E-state index contributed by atoms with van der Waals surface area (Å²) in [4.78, 5) is 5.33. The Bertz CT molecular complexity index is 1100. The van der Waals surface area contributed by atoms with Crippen molar-refractivity contribution in [3.05, 3.63) is 93.0 Å². The number of anilines is 2. The Labute approximate surface area is 204 Å². The van der Waals surface area contributed by atoms with E-state index in [-0.39, 0.29) is 0 Å². The van der Waals surface area contributed by atoms with Crippen molar-refractivity contribution in [1.82, 2.24) is 0 Å². The number of rotatable bonds is 3. The van der Waals surface area contributed by atoms with Crippen LogP contribution in [0.1, 0.15) is 76.1 Å². The molecule has 0 atom stereocenters. The molecule has 2 heteroatoms. The van der Waals surface area contributed by atoms with Crippen molar-refractivity contribution in [1.29, 1.82) is 0 Å². The first kappa shape index (κ1) is 20.6. The number of hydrogen-bond acceptors (Lipinski definition) is 2. The fourth-order valence-corrected chi connectivity index (χ4v) is 7.33. The van der Waals surface area contributed by atoms with Crippen molar-refractivity contribution in [2.45, 2.75) is 64.2 Å². The molecule has 0 fully saturated rings. The summed E-state index contributed by atoms with van der Waals surface area (Å²) in [6.07, 6.45) is 10.1. The summed E-state index contributed by atoms with van der Waals surface area (Å²) >= 11 is 0. The molecule has 0 radical (unpaired) electrons. The average molecular weight is 449 g/mol. The molecule has 4 aliphatic heterocycles. The zero-order chi connectivity index (χ0) is 22.6. The van der Waals surface area contributed by atoms with Crippen LogP contribution in [0.3, 0.4) is 0 Å². The van der Waals surface area contributed by atoms with Crippen LogP contribution in [-0.2, 0) is 25.7 Å². The van der Waals surface area contributed by atoms with Crippen molar-refractivity contribution >= 4 is 11.4 Å². The Hall–Kier alpha value is -2.74. The summed E-state index contributed by atoms with van der Waals surface area (Å²) < 4.78 is 0. The summed E-state index contributed by atoms with van der Waals surface area (Å²) in [7, 11) is 0. The zero-order valence-corrected chi connectivity index (χ0v) is 20.6. The lowest BCUT2D eigenvalue weighted by Gasteiger charge is -2.39. The monoisotopic (exact) mass is 448 g/mol. The van der Waals surface area contributed by atoms with E-state index in [9.17, 15) is 0 Å². The summed E-state index contributed by atoms with van der Waals surface area (Å²) in [6, 6.07) is 19.7. The third-order valence-corrected chi connectivity index (χ3v) is 8.79. The molecule has 0 amide bonds. The molecule has 0 spiro atoms. The first-order valence-corrected chi connectivity index (χ1v) is 13.6. The minimum absolute atomic E-state index is 0.318. The smallest absolute Gasteiger partial charge is 0.0431 e. The van der Waals surface area contributed by atoms with Crippen LogP contribution in [0.4, 0.5) is 11.4 Å². The summed E-state index contributed by atoms with van der Waals surface area (Å²) in [5.41, 5.74) is 15.4. The lowest BCUT2D eigenvalue weighted by molar-refractivity contribution is 0.630. The van der Waals surface area contributed by atoms with E-state index < -0.39 is 0 Å². The lowest BCUT2D eigenvalue weighted by Crippen LogP contribution is -2.35. The Morgan fingerprint density at radius 2 is 0.912 bits per heavy atom. The number of nitrogens with zero attached hydrogens (tertiary/aromatic N) is 2. The quantitative estimate of drug-likeness (QED) is 0.418. The van der Waals surface area contributed by atoms with Gasteiger partial charge in [-0.25, -0.2) is 0 Å². The minimum Gasteiger partial charge on any atom is -0.371 e. The van der Waals surface area contributed by atoms with Crippen molar-refractivity contribution in [2.24, 2.45) is 0 Å². The standard InChI is InChI=1S/C32H36N2/c1-22-10-12-23(13-11-22)30(28-18-24-6-2-14-33-15-3-7-25(19-28)31(24)33)29-20-26-8-4-16-34-17-5-9-27(21-29)32(26)34/h10-13,18-21,30H,2-9,14-17H2,1H3. The highest BCUT2D eigenvalue weighted by Crippen LogP contribution is 2.43. The van der Waals surface area contributed by atoms with Gasteiger partial charge in [-0.3, -0.25) is 0 Å². The largest absolute Gasteiger partial charge is 0.371 e. The molecule has 0 saturated heterocycles. The van der Waals surface area contributed by atoms with Crippen LogP contribution in [0, 0.1) is 6.92 Å². The zero-order valence-electron chi connectivity index (χ0n) is 20.6. The fraction of sp³-hybridized carbons (Fsp3) is 0.438. The Kier molecular flexibility index (Phi) is 4.96. The fourth-order valence-electron chi connectivity index (χ4n) is 7.33. The van der Waals surface area contributed by atoms with Crippen LogP contribution in [0.2, 0.25) is 0 Å². The van der Waals surface area contributed by atoms with E-state index in [0.29, 0.717) is 5.92 Å². The van der Waals surface area contributed by atoms with Crippen LogP contribution >= 0.6 is 0 Å². The van der Waals surface area contributed by atoms with Gasteiger partial charge in [0.2, 0.25) is 0 Å². The van der Waals surface area contributed by atoms with Crippen LogP contribution < -0.4 is 9.80 Å². The third kappa shape index (κ3) is 3.37. The van der Waals surface area contributed by atoms with E-state index in [1.165, 1.54) is 99.8 Å². The molecule has 3 aromatic rings. The maximum atomic E-state index is 2.67. The highest BCUT2D eigenvalue weighted by atomic mass is 15.1. The maximum absolute atomic E-state index is 2.67. The molecule has 7 rings (SSSR count). The maximum Gasteiger partial charge on any atom is 0.0431 e. The molecule has 2 nitrogen and oxygen atoms in total. The molecule has 4 heterocycles. The van der Waals surface area contributed by atoms with Gasteiger partial charge < -0.3 is 9.80 Å². The van der Waals surface area contributed by atoms with E-state index in [4.69, 9.17) is 0 Å². The predicted molar refractivity (Wildman–Crippen MR) is 143 cm³/mol. The van der Waals surface area contributed by atoms with Gasteiger partial charge in [0, 0.05) is 43.5 Å². The summed E-state index contributed by atoms with van der Waals surface area (Å²) in [5, 5.41) is 0. The minimum atomic E-state index is 0.318. The predicted octanol–water partition coefficient (Wildman–Crippen LogP) is 6.57. The number of hydrogen-bond donors (Lipinski definition) is 0. The van der Waals surface area contributed by atoms with Crippen molar-refractivity contribution in [2.75, 3.05) is 36.0 Å². The molecule has 0 aliphatic carbocycles. The lowest BCUT2D eigenvalue weighted by atomic mass is 9.78. The Morgan fingerprint density at radius 1 is 0.529 bits per heavy atom. The van der Waals surface area contributed by atoms with Crippen molar-refractivity contribution in [3.8, 4) is 0 Å².